The van der Waals surface area contributed by atoms with Crippen molar-refractivity contribution in [3.8, 4) is 0 Å². The van der Waals surface area contributed by atoms with Crippen LogP contribution in [-0.2, 0) is 6.18 Å². The van der Waals surface area contributed by atoms with Crippen molar-refractivity contribution >= 4 is 46.8 Å². The van der Waals surface area contributed by atoms with Crippen LogP contribution in [0, 0.1) is 6.92 Å². The zero-order chi connectivity index (χ0) is 27.1. The molecule has 1 aromatic carbocycles. The van der Waals surface area contributed by atoms with Crippen LogP contribution in [0.3, 0.4) is 0 Å². The highest BCUT2D eigenvalue weighted by Gasteiger charge is 2.32. The fraction of sp³-hybridized carbons (Fsp3) is 0.167. The maximum absolute atomic E-state index is 13.1. The van der Waals surface area contributed by atoms with Gasteiger partial charge in [-0.25, -0.2) is 10.1 Å². The van der Waals surface area contributed by atoms with Gasteiger partial charge in [-0.05, 0) is 58.8 Å². The van der Waals surface area contributed by atoms with Gasteiger partial charge in [-0.2, -0.15) is 18.2 Å². The topological polar surface area (TPSA) is 150 Å². The number of carbonyl (C=O) groups excluding carboxylic acids is 1. The van der Waals surface area contributed by atoms with Gasteiger partial charge in [0.15, 0.2) is 0 Å². The molecule has 0 saturated carbocycles. The second kappa shape index (κ2) is 9.27. The molecular weight excluding hydrogens is 515 g/mol. The van der Waals surface area contributed by atoms with Gasteiger partial charge in [0.2, 0.25) is 11.9 Å². The molecular formula is C24H18F3N11O. The van der Waals surface area contributed by atoms with Crippen LogP contribution < -0.4 is 15.5 Å². The van der Waals surface area contributed by atoms with Gasteiger partial charge < -0.3 is 10.2 Å². The lowest BCUT2D eigenvalue weighted by molar-refractivity contribution is -0.137. The van der Waals surface area contributed by atoms with Crippen LogP contribution >= 0.6 is 0 Å². The van der Waals surface area contributed by atoms with Crippen LogP contribution in [0.5, 0.6) is 0 Å². The number of tetrazole rings is 1. The number of aliphatic imine (C=N–C) groups is 1. The number of alkyl halides is 3. The third-order valence-corrected chi connectivity index (χ3v) is 6.11. The number of hydrogen-bond acceptors (Lipinski definition) is 10. The van der Waals surface area contributed by atoms with Crippen LogP contribution in [0.2, 0.25) is 0 Å². The van der Waals surface area contributed by atoms with Gasteiger partial charge >= 0.3 is 6.18 Å². The molecule has 196 valence electrons. The fourth-order valence-electron chi connectivity index (χ4n) is 4.30. The van der Waals surface area contributed by atoms with Crippen molar-refractivity contribution in [3.05, 3.63) is 70.7 Å². The third kappa shape index (κ3) is 4.65. The van der Waals surface area contributed by atoms with E-state index in [1.54, 1.807) is 18.3 Å². The predicted octanol–water partition coefficient (Wildman–Crippen LogP) is 3.48. The van der Waals surface area contributed by atoms with Crippen molar-refractivity contribution in [2.45, 2.75) is 13.1 Å². The van der Waals surface area contributed by atoms with Crippen molar-refractivity contribution in [2.24, 2.45) is 4.99 Å². The molecule has 0 atom stereocenters. The number of aromatic nitrogens is 7. The summed E-state index contributed by atoms with van der Waals surface area (Å²) < 4.78 is 39.2. The first-order valence-electron chi connectivity index (χ1n) is 11.6. The van der Waals surface area contributed by atoms with Crippen LogP contribution in [0.1, 0.15) is 32.7 Å². The molecule has 0 aliphatic carbocycles. The standard InChI is InChI=1S/C24H18F3N11O/c1-12-2-3-15(31-21(39)18-9-14(4-5-28-18)24(25,26)27)10-16(12)17-8-13-11-30-22(33-23-34-36-37-35-23)32-19(13)38-7-6-29-20(17)38/h2-5,8-11H,6-7H2,1H3,(H,31,39)(H2,30,32,33,34,35,36,37). The predicted molar refractivity (Wildman–Crippen MR) is 135 cm³/mol. The lowest BCUT2D eigenvalue weighted by atomic mass is 9.94. The summed E-state index contributed by atoms with van der Waals surface area (Å²) in [6.45, 7) is 3.08. The van der Waals surface area contributed by atoms with Gasteiger partial charge in [0.25, 0.3) is 5.91 Å². The lowest BCUT2D eigenvalue weighted by Gasteiger charge is -2.28. The average molecular weight is 533 g/mol. The Bertz CT molecular complexity index is 1650. The van der Waals surface area contributed by atoms with Gasteiger partial charge in [0.1, 0.15) is 17.3 Å². The first-order chi connectivity index (χ1) is 18.8. The van der Waals surface area contributed by atoms with E-state index in [-0.39, 0.29) is 5.69 Å². The molecule has 12 nitrogen and oxygen atoms in total. The summed E-state index contributed by atoms with van der Waals surface area (Å²) in [6.07, 6.45) is -0.0386. The van der Waals surface area contributed by atoms with E-state index in [0.717, 1.165) is 40.6 Å². The maximum Gasteiger partial charge on any atom is 0.416 e. The minimum absolute atomic E-state index is 0.298. The van der Waals surface area contributed by atoms with E-state index in [1.807, 2.05) is 24.0 Å². The van der Waals surface area contributed by atoms with Crippen molar-refractivity contribution in [1.29, 1.82) is 0 Å². The highest BCUT2D eigenvalue weighted by Crippen LogP contribution is 2.37. The Balaban J connectivity index is 1.31. The van der Waals surface area contributed by atoms with E-state index in [0.29, 0.717) is 42.3 Å². The molecule has 5 heterocycles. The van der Waals surface area contributed by atoms with Crippen LogP contribution in [0.15, 0.2) is 47.7 Å². The van der Waals surface area contributed by atoms with Crippen molar-refractivity contribution in [1.82, 2.24) is 35.6 Å². The molecule has 0 unspecified atom stereocenters. The summed E-state index contributed by atoms with van der Waals surface area (Å²) in [5.41, 5.74) is 2.36. The number of benzene rings is 1. The number of aryl methyl sites for hydroxylation is 1. The number of carbonyl (C=O) groups is 1. The number of halogens is 3. The van der Waals surface area contributed by atoms with E-state index in [1.165, 1.54) is 0 Å². The number of hydrogen-bond donors (Lipinski definition) is 3. The number of amidine groups is 1. The van der Waals surface area contributed by atoms with Crippen LogP contribution in [0.25, 0.3) is 11.6 Å². The zero-order valence-electron chi connectivity index (χ0n) is 20.2. The van der Waals surface area contributed by atoms with E-state index < -0.39 is 17.6 Å². The van der Waals surface area contributed by atoms with Crippen LogP contribution in [-0.4, -0.2) is 60.4 Å². The number of amides is 1. The molecule has 0 radical (unpaired) electrons. The van der Waals surface area contributed by atoms with Crippen LogP contribution in [0.4, 0.5) is 36.6 Å². The molecule has 3 aromatic heterocycles. The number of nitrogens with one attached hydrogen (secondary N) is 3. The van der Waals surface area contributed by atoms with Crippen molar-refractivity contribution in [3.63, 3.8) is 0 Å². The Labute approximate surface area is 218 Å². The summed E-state index contributed by atoms with van der Waals surface area (Å²) in [6, 6.07) is 6.78. The quantitative estimate of drug-likeness (QED) is 0.350. The Morgan fingerprint density at radius 3 is 2.82 bits per heavy atom. The van der Waals surface area contributed by atoms with E-state index in [2.05, 4.69) is 51.2 Å². The van der Waals surface area contributed by atoms with Gasteiger partial charge in [-0.3, -0.25) is 20.1 Å². The highest BCUT2D eigenvalue weighted by atomic mass is 19.4. The second-order valence-corrected chi connectivity index (χ2v) is 8.67. The first kappa shape index (κ1) is 24.1. The molecule has 0 spiro atoms. The van der Waals surface area contributed by atoms with E-state index >= 15 is 0 Å². The molecule has 2 aliphatic rings. The first-order valence-corrected chi connectivity index (χ1v) is 11.6. The summed E-state index contributed by atoms with van der Waals surface area (Å²) in [4.78, 5) is 32.2. The maximum atomic E-state index is 13.1. The molecule has 0 fully saturated rings. The Morgan fingerprint density at radius 1 is 1.15 bits per heavy atom. The fourth-order valence-corrected chi connectivity index (χ4v) is 4.30. The largest absolute Gasteiger partial charge is 0.416 e. The molecule has 0 saturated heterocycles. The Hall–Kier alpha value is -5.21. The SMILES string of the molecule is Cc1ccc(NC(=O)c2cc(C(F)(F)F)ccn2)cc1C1=Cc2cnc(Nc3nnn[nH]3)nc2N2CCN=C12. The number of H-pyrrole nitrogens is 1. The molecule has 4 aromatic rings. The van der Waals surface area contributed by atoms with Gasteiger partial charge in [0.05, 0.1) is 12.1 Å². The Morgan fingerprint density at radius 2 is 2.03 bits per heavy atom. The summed E-state index contributed by atoms with van der Waals surface area (Å²) in [7, 11) is 0. The molecule has 6 rings (SSSR count). The molecule has 0 bridgehead atoms. The second-order valence-electron chi connectivity index (χ2n) is 8.67. The average Bonchev–Trinajstić information content (AvgIpc) is 3.62. The number of aromatic amines is 1. The summed E-state index contributed by atoms with van der Waals surface area (Å²) in [5, 5.41) is 18.9. The van der Waals surface area contributed by atoms with Crippen molar-refractivity contribution < 1.29 is 18.0 Å². The normalized spacial score (nSPS) is 14.3. The minimum atomic E-state index is -4.58. The monoisotopic (exact) mass is 533 g/mol. The molecule has 1 amide bonds. The van der Waals surface area contributed by atoms with E-state index in [4.69, 9.17) is 0 Å². The molecule has 3 N–H and O–H groups in total. The summed E-state index contributed by atoms with van der Waals surface area (Å²) in [5.74, 6) is 1.22. The summed E-state index contributed by atoms with van der Waals surface area (Å²) >= 11 is 0. The number of anilines is 4. The smallest absolute Gasteiger partial charge is 0.321 e. The molecule has 39 heavy (non-hydrogen) atoms. The van der Waals surface area contributed by atoms with Gasteiger partial charge in [0, 0.05) is 35.8 Å². The number of rotatable bonds is 5. The van der Waals surface area contributed by atoms with Crippen molar-refractivity contribution in [2.75, 3.05) is 28.6 Å². The number of fused-ring (bicyclic) bond motifs is 3. The highest BCUT2D eigenvalue weighted by molar-refractivity contribution is 6.36. The molecule has 2 aliphatic heterocycles. The number of pyridine rings is 1. The van der Waals surface area contributed by atoms with Gasteiger partial charge in [-0.1, -0.05) is 11.2 Å². The van der Waals surface area contributed by atoms with E-state index in [9.17, 15) is 18.0 Å². The lowest BCUT2D eigenvalue weighted by Crippen LogP contribution is -2.32. The Kier molecular flexibility index (Phi) is 5.74. The van der Waals surface area contributed by atoms with Gasteiger partial charge in [-0.15, -0.1) is 0 Å². The zero-order valence-corrected chi connectivity index (χ0v) is 20.2. The molecule has 15 heteroatoms. The third-order valence-electron chi connectivity index (χ3n) is 6.11. The minimum Gasteiger partial charge on any atom is -0.321 e. The number of nitrogens with zero attached hydrogens (tertiary/aromatic N) is 8.